The second kappa shape index (κ2) is 8.96. The highest BCUT2D eigenvalue weighted by molar-refractivity contribution is 5.90. The number of rotatable bonds is 6. The molecule has 23 heavy (non-hydrogen) atoms. The summed E-state index contributed by atoms with van der Waals surface area (Å²) < 4.78 is 36.1. The summed E-state index contributed by atoms with van der Waals surface area (Å²) in [6, 6.07) is 5.27. The van der Waals surface area contributed by atoms with E-state index in [0.29, 0.717) is 5.82 Å². The highest BCUT2D eigenvalue weighted by Gasteiger charge is 2.26. The molecule has 0 aliphatic heterocycles. The van der Waals surface area contributed by atoms with Crippen molar-refractivity contribution in [3.63, 3.8) is 0 Å². The average Bonchev–Trinajstić information content (AvgIpc) is 2.44. The number of halogens is 3. The van der Waals surface area contributed by atoms with Gasteiger partial charge in [-0.15, -0.1) is 0 Å². The zero-order chi connectivity index (χ0) is 17.3. The maximum absolute atomic E-state index is 12.0. The first kappa shape index (κ1) is 18.7. The van der Waals surface area contributed by atoms with Gasteiger partial charge in [0.1, 0.15) is 5.82 Å². The highest BCUT2D eigenvalue weighted by Crippen LogP contribution is 2.17. The van der Waals surface area contributed by atoms with Crippen molar-refractivity contribution in [3.05, 3.63) is 23.9 Å². The summed E-state index contributed by atoms with van der Waals surface area (Å²) in [5, 5.41) is 7.94. The number of nitrogens with one attached hydrogen (secondary N) is 3. The number of aromatic nitrogens is 1. The lowest BCUT2D eigenvalue weighted by Crippen LogP contribution is -2.40. The van der Waals surface area contributed by atoms with E-state index in [4.69, 9.17) is 0 Å². The van der Waals surface area contributed by atoms with Crippen molar-refractivity contribution < 1.29 is 18.0 Å². The number of alkyl halides is 3. The van der Waals surface area contributed by atoms with Crippen LogP contribution >= 0.6 is 0 Å². The van der Waals surface area contributed by atoms with Crippen molar-refractivity contribution in [1.29, 1.82) is 0 Å². The third kappa shape index (κ3) is 8.64. The van der Waals surface area contributed by atoms with Crippen LogP contribution in [0, 0.1) is 6.92 Å². The van der Waals surface area contributed by atoms with Crippen molar-refractivity contribution in [1.82, 2.24) is 15.6 Å². The Morgan fingerprint density at radius 2 is 1.96 bits per heavy atom. The van der Waals surface area contributed by atoms with Gasteiger partial charge in [-0.05, 0) is 19.1 Å². The van der Waals surface area contributed by atoms with E-state index in [1.807, 2.05) is 13.0 Å². The molecule has 1 heterocycles. The molecule has 0 saturated heterocycles. The second-order valence-corrected chi connectivity index (χ2v) is 4.75. The lowest BCUT2D eigenvalue weighted by Gasteiger charge is -2.12. The minimum atomic E-state index is -4.22. The molecule has 1 rings (SSSR count). The number of nitrogens with zero attached hydrogens (tertiary/aromatic N) is 2. The number of hydrogen-bond donors (Lipinski definition) is 3. The molecule has 0 atom stereocenters. The predicted molar refractivity (Wildman–Crippen MR) is 82.3 cm³/mol. The van der Waals surface area contributed by atoms with Gasteiger partial charge in [-0.25, -0.2) is 4.98 Å². The lowest BCUT2D eigenvalue weighted by molar-refractivity contribution is -0.132. The highest BCUT2D eigenvalue weighted by atomic mass is 19.4. The van der Waals surface area contributed by atoms with Gasteiger partial charge in [0.05, 0.1) is 6.42 Å². The van der Waals surface area contributed by atoms with E-state index < -0.39 is 12.6 Å². The summed E-state index contributed by atoms with van der Waals surface area (Å²) in [4.78, 5) is 19.7. The molecule has 1 amide bonds. The summed E-state index contributed by atoms with van der Waals surface area (Å²) in [6.07, 6.45) is -5.03. The quantitative estimate of drug-likeness (QED) is 0.549. The number of guanidine groups is 1. The molecule has 9 heteroatoms. The Morgan fingerprint density at radius 1 is 1.26 bits per heavy atom. The molecule has 1 aromatic heterocycles. The van der Waals surface area contributed by atoms with Crippen LogP contribution in [0.15, 0.2) is 23.2 Å². The Hall–Kier alpha value is -2.32. The number of pyridine rings is 1. The van der Waals surface area contributed by atoms with Crippen LogP contribution in [-0.4, -0.2) is 43.2 Å². The molecular formula is C14H20F3N5O. The molecule has 0 bridgehead atoms. The van der Waals surface area contributed by atoms with Crippen LogP contribution in [-0.2, 0) is 4.79 Å². The van der Waals surface area contributed by atoms with Gasteiger partial charge in [-0.2, -0.15) is 13.2 Å². The van der Waals surface area contributed by atoms with E-state index in [0.717, 1.165) is 5.69 Å². The number of carbonyl (C=O) groups is 1. The van der Waals surface area contributed by atoms with Gasteiger partial charge in [0, 0.05) is 32.3 Å². The summed E-state index contributed by atoms with van der Waals surface area (Å²) in [5.41, 5.74) is 0.787. The summed E-state index contributed by atoms with van der Waals surface area (Å²) >= 11 is 0. The standard InChI is InChI=1S/C14H20F3N5O/c1-10-4-3-5-11(21-10)22-12(23)6-8-19-13(18-2)20-9-7-14(15,16)17/h3-5H,6-9H2,1-2H3,(H2,18,19,20)(H,21,22,23). The summed E-state index contributed by atoms with van der Waals surface area (Å²) in [5.74, 6) is 0.430. The predicted octanol–water partition coefficient (Wildman–Crippen LogP) is 1.84. The van der Waals surface area contributed by atoms with Gasteiger partial charge in [-0.1, -0.05) is 6.07 Å². The van der Waals surface area contributed by atoms with Crippen LogP contribution in [0.2, 0.25) is 0 Å². The lowest BCUT2D eigenvalue weighted by atomic mass is 10.3. The zero-order valence-corrected chi connectivity index (χ0v) is 13.0. The normalized spacial score (nSPS) is 12.0. The molecule has 0 aromatic carbocycles. The number of carbonyl (C=O) groups excluding carboxylic acids is 1. The second-order valence-electron chi connectivity index (χ2n) is 4.75. The van der Waals surface area contributed by atoms with E-state index in [2.05, 4.69) is 25.9 Å². The molecule has 0 fully saturated rings. The van der Waals surface area contributed by atoms with E-state index >= 15 is 0 Å². The number of aliphatic imine (C=N–C) groups is 1. The molecule has 1 aromatic rings. The van der Waals surface area contributed by atoms with Crippen LogP contribution in [0.4, 0.5) is 19.0 Å². The van der Waals surface area contributed by atoms with Crippen molar-refractivity contribution in [2.24, 2.45) is 4.99 Å². The van der Waals surface area contributed by atoms with E-state index in [-0.39, 0.29) is 31.4 Å². The molecule has 3 N–H and O–H groups in total. The first-order valence-corrected chi connectivity index (χ1v) is 7.05. The van der Waals surface area contributed by atoms with Crippen LogP contribution < -0.4 is 16.0 Å². The number of aryl methyl sites for hydroxylation is 1. The third-order valence-corrected chi connectivity index (χ3v) is 2.72. The molecule has 128 valence electrons. The van der Waals surface area contributed by atoms with Crippen LogP contribution in [0.1, 0.15) is 18.5 Å². The van der Waals surface area contributed by atoms with Gasteiger partial charge in [0.2, 0.25) is 5.91 Å². The minimum absolute atomic E-state index is 0.135. The van der Waals surface area contributed by atoms with Gasteiger partial charge in [0.25, 0.3) is 0 Å². The average molecular weight is 331 g/mol. The minimum Gasteiger partial charge on any atom is -0.356 e. The van der Waals surface area contributed by atoms with Gasteiger partial charge in [-0.3, -0.25) is 9.79 Å². The first-order valence-electron chi connectivity index (χ1n) is 7.05. The fourth-order valence-corrected chi connectivity index (χ4v) is 1.66. The Morgan fingerprint density at radius 3 is 2.57 bits per heavy atom. The maximum Gasteiger partial charge on any atom is 0.390 e. The molecule has 0 radical (unpaired) electrons. The van der Waals surface area contributed by atoms with Crippen LogP contribution in [0.3, 0.4) is 0 Å². The molecule has 0 saturated carbocycles. The van der Waals surface area contributed by atoms with Gasteiger partial charge >= 0.3 is 6.18 Å². The van der Waals surface area contributed by atoms with E-state index in [1.165, 1.54) is 7.05 Å². The Balaban J connectivity index is 2.27. The zero-order valence-electron chi connectivity index (χ0n) is 13.0. The molecule has 0 aliphatic carbocycles. The van der Waals surface area contributed by atoms with Crippen LogP contribution in [0.25, 0.3) is 0 Å². The molecule has 6 nitrogen and oxygen atoms in total. The Bertz CT molecular complexity index is 545. The summed E-state index contributed by atoms with van der Waals surface area (Å²) in [6.45, 7) is 1.78. The Kier molecular flexibility index (Phi) is 7.30. The molecule has 0 unspecified atom stereocenters. The summed E-state index contributed by atoms with van der Waals surface area (Å²) in [7, 11) is 1.44. The topological polar surface area (TPSA) is 78.4 Å². The van der Waals surface area contributed by atoms with Crippen molar-refractivity contribution in [2.75, 3.05) is 25.5 Å². The van der Waals surface area contributed by atoms with Crippen molar-refractivity contribution in [3.8, 4) is 0 Å². The van der Waals surface area contributed by atoms with Gasteiger partial charge < -0.3 is 16.0 Å². The van der Waals surface area contributed by atoms with Crippen LogP contribution in [0.5, 0.6) is 0 Å². The first-order chi connectivity index (χ1) is 10.8. The third-order valence-electron chi connectivity index (χ3n) is 2.72. The largest absolute Gasteiger partial charge is 0.390 e. The van der Waals surface area contributed by atoms with Gasteiger partial charge in [0.15, 0.2) is 5.96 Å². The van der Waals surface area contributed by atoms with E-state index in [9.17, 15) is 18.0 Å². The number of anilines is 1. The molecular weight excluding hydrogens is 311 g/mol. The number of hydrogen-bond acceptors (Lipinski definition) is 3. The molecule has 0 spiro atoms. The Labute approximate surface area is 132 Å². The maximum atomic E-state index is 12.0. The van der Waals surface area contributed by atoms with Crippen molar-refractivity contribution in [2.45, 2.75) is 25.9 Å². The SMILES string of the molecule is CN=C(NCCC(=O)Nc1cccc(C)n1)NCCC(F)(F)F. The fourth-order valence-electron chi connectivity index (χ4n) is 1.66. The van der Waals surface area contributed by atoms with E-state index in [1.54, 1.807) is 12.1 Å². The number of amides is 1. The monoisotopic (exact) mass is 331 g/mol. The smallest absolute Gasteiger partial charge is 0.356 e. The molecule has 0 aliphatic rings. The van der Waals surface area contributed by atoms with Crippen molar-refractivity contribution >= 4 is 17.7 Å². The fraction of sp³-hybridized carbons (Fsp3) is 0.500.